The highest BCUT2D eigenvalue weighted by molar-refractivity contribution is 9.10. The largest absolute Gasteiger partial charge is 0.350 e. The summed E-state index contributed by atoms with van der Waals surface area (Å²) in [4.78, 5) is 13.9. The number of halogens is 3. The molecule has 6 heteroatoms. The van der Waals surface area contributed by atoms with E-state index < -0.39 is 13.0 Å². The molecular weight excluding hydrogens is 354 g/mol. The maximum absolute atomic E-state index is 12.0. The third-order valence-corrected chi connectivity index (χ3v) is 4.48. The van der Waals surface area contributed by atoms with Crippen LogP contribution >= 0.6 is 15.9 Å². The van der Waals surface area contributed by atoms with Crippen molar-refractivity contribution < 1.29 is 13.6 Å². The van der Waals surface area contributed by atoms with E-state index >= 15 is 0 Å². The van der Waals surface area contributed by atoms with Crippen molar-refractivity contribution in [3.63, 3.8) is 0 Å². The first kappa shape index (κ1) is 17.3. The fraction of sp³-hybridized carbons (Fsp3) is 0.562. The second kappa shape index (κ2) is 8.58. The van der Waals surface area contributed by atoms with Gasteiger partial charge in [0, 0.05) is 17.4 Å². The second-order valence-corrected chi connectivity index (χ2v) is 6.66. The molecule has 0 bridgehead atoms. The van der Waals surface area contributed by atoms with Crippen molar-refractivity contribution in [3.05, 3.63) is 34.3 Å². The van der Waals surface area contributed by atoms with E-state index in [-0.39, 0.29) is 5.91 Å². The van der Waals surface area contributed by atoms with Crippen LogP contribution in [0.15, 0.2) is 28.7 Å². The van der Waals surface area contributed by atoms with E-state index in [1.54, 1.807) is 0 Å². The molecule has 122 valence electrons. The maximum Gasteiger partial charge on any atom is 0.255 e. The van der Waals surface area contributed by atoms with Crippen LogP contribution in [0.5, 0.6) is 0 Å². The van der Waals surface area contributed by atoms with Crippen molar-refractivity contribution in [2.24, 2.45) is 5.92 Å². The standard InChI is InChI=1S/C16H21BrF2N2O/c17-14-3-1-13(2-4-14)11-21-7-5-12(6-8-21)9-16(22)20-10-15(18)19/h1-4,12,15H,5-11H2,(H,20,22). The summed E-state index contributed by atoms with van der Waals surface area (Å²) in [5.74, 6) is 0.0468. The van der Waals surface area contributed by atoms with Crippen LogP contribution in [0.3, 0.4) is 0 Å². The number of hydrogen-bond acceptors (Lipinski definition) is 2. The lowest BCUT2D eigenvalue weighted by molar-refractivity contribution is -0.123. The molecule has 0 atom stereocenters. The number of alkyl halides is 2. The van der Waals surface area contributed by atoms with E-state index in [9.17, 15) is 13.6 Å². The lowest BCUT2D eigenvalue weighted by Crippen LogP contribution is -2.36. The van der Waals surface area contributed by atoms with Crippen LogP contribution in [0, 0.1) is 5.92 Å². The fourth-order valence-electron chi connectivity index (χ4n) is 2.72. The van der Waals surface area contributed by atoms with Gasteiger partial charge in [0.1, 0.15) is 0 Å². The van der Waals surface area contributed by atoms with Crippen LogP contribution in [-0.2, 0) is 11.3 Å². The summed E-state index contributed by atoms with van der Waals surface area (Å²) in [6.45, 7) is 2.27. The smallest absolute Gasteiger partial charge is 0.255 e. The van der Waals surface area contributed by atoms with E-state index in [2.05, 4.69) is 38.3 Å². The Balaban J connectivity index is 1.69. The predicted molar refractivity (Wildman–Crippen MR) is 85.8 cm³/mol. The van der Waals surface area contributed by atoms with Crippen molar-refractivity contribution in [1.29, 1.82) is 0 Å². The summed E-state index contributed by atoms with van der Waals surface area (Å²) in [7, 11) is 0. The van der Waals surface area contributed by atoms with Crippen molar-refractivity contribution in [3.8, 4) is 0 Å². The lowest BCUT2D eigenvalue weighted by atomic mass is 9.93. The summed E-state index contributed by atoms with van der Waals surface area (Å²) in [6, 6.07) is 8.28. The number of hydrogen-bond donors (Lipinski definition) is 1. The van der Waals surface area contributed by atoms with Gasteiger partial charge >= 0.3 is 0 Å². The number of nitrogens with zero attached hydrogens (tertiary/aromatic N) is 1. The summed E-state index contributed by atoms with van der Waals surface area (Å²) in [5, 5.41) is 2.28. The highest BCUT2D eigenvalue weighted by atomic mass is 79.9. The quantitative estimate of drug-likeness (QED) is 0.826. The van der Waals surface area contributed by atoms with Crippen molar-refractivity contribution in [2.45, 2.75) is 32.2 Å². The van der Waals surface area contributed by atoms with Gasteiger partial charge in [-0.05, 0) is 49.5 Å². The first-order valence-corrected chi connectivity index (χ1v) is 8.34. The summed E-state index contributed by atoms with van der Waals surface area (Å²) >= 11 is 3.42. The van der Waals surface area contributed by atoms with Crippen molar-refractivity contribution >= 4 is 21.8 Å². The van der Waals surface area contributed by atoms with Crippen LogP contribution in [0.1, 0.15) is 24.8 Å². The molecule has 2 rings (SSSR count). The molecule has 1 heterocycles. The van der Waals surface area contributed by atoms with Gasteiger partial charge in [0.2, 0.25) is 5.91 Å². The molecule has 1 N–H and O–H groups in total. The summed E-state index contributed by atoms with van der Waals surface area (Å²) in [5.41, 5.74) is 1.27. The molecule has 1 aromatic carbocycles. The highest BCUT2D eigenvalue weighted by Gasteiger charge is 2.21. The van der Waals surface area contributed by atoms with Crippen LogP contribution in [-0.4, -0.2) is 36.9 Å². The van der Waals surface area contributed by atoms with Gasteiger partial charge in [0.15, 0.2) is 0 Å². The Labute approximate surface area is 138 Å². The number of benzene rings is 1. The monoisotopic (exact) mass is 374 g/mol. The minimum atomic E-state index is -2.48. The van der Waals surface area contributed by atoms with Gasteiger partial charge < -0.3 is 5.32 Å². The zero-order valence-electron chi connectivity index (χ0n) is 12.4. The van der Waals surface area contributed by atoms with Gasteiger partial charge in [-0.25, -0.2) is 8.78 Å². The van der Waals surface area contributed by atoms with Gasteiger partial charge in [-0.15, -0.1) is 0 Å². The van der Waals surface area contributed by atoms with E-state index in [1.807, 2.05) is 12.1 Å². The molecule has 1 amide bonds. The molecule has 0 radical (unpaired) electrons. The molecule has 22 heavy (non-hydrogen) atoms. The van der Waals surface area contributed by atoms with Crippen LogP contribution < -0.4 is 5.32 Å². The van der Waals surface area contributed by atoms with Crippen molar-refractivity contribution in [1.82, 2.24) is 10.2 Å². The number of rotatable bonds is 6. The number of carbonyl (C=O) groups excluding carboxylic acids is 1. The van der Waals surface area contributed by atoms with Gasteiger partial charge in [-0.1, -0.05) is 28.1 Å². The molecule has 1 saturated heterocycles. The molecule has 0 unspecified atom stereocenters. The number of likely N-dealkylation sites (tertiary alicyclic amines) is 1. The summed E-state index contributed by atoms with van der Waals surface area (Å²) in [6.07, 6.45) is -0.229. The molecule has 3 nitrogen and oxygen atoms in total. The molecule has 0 spiro atoms. The minimum absolute atomic E-state index is 0.258. The summed E-state index contributed by atoms with van der Waals surface area (Å²) < 4.78 is 25.1. The second-order valence-electron chi connectivity index (χ2n) is 5.75. The Kier molecular flexibility index (Phi) is 6.76. The number of piperidine rings is 1. The lowest BCUT2D eigenvalue weighted by Gasteiger charge is -2.31. The average Bonchev–Trinajstić information content (AvgIpc) is 2.49. The van der Waals surface area contributed by atoms with E-state index in [4.69, 9.17) is 0 Å². The topological polar surface area (TPSA) is 32.3 Å². The normalized spacial score (nSPS) is 16.9. The molecule has 1 aromatic rings. The minimum Gasteiger partial charge on any atom is -0.350 e. The molecule has 1 aliphatic heterocycles. The Morgan fingerprint density at radius 1 is 1.27 bits per heavy atom. The fourth-order valence-corrected chi connectivity index (χ4v) is 2.99. The van der Waals surface area contributed by atoms with Crippen LogP contribution in [0.25, 0.3) is 0 Å². The molecule has 0 saturated carbocycles. The van der Waals surface area contributed by atoms with Gasteiger partial charge in [-0.3, -0.25) is 9.69 Å². The number of amides is 1. The molecule has 0 aromatic heterocycles. The molecule has 1 aliphatic rings. The highest BCUT2D eigenvalue weighted by Crippen LogP contribution is 2.22. The zero-order valence-corrected chi connectivity index (χ0v) is 14.0. The predicted octanol–water partition coefficient (Wildman–Crippen LogP) is 3.43. The Morgan fingerprint density at radius 2 is 1.91 bits per heavy atom. The van der Waals surface area contributed by atoms with Crippen molar-refractivity contribution in [2.75, 3.05) is 19.6 Å². The Morgan fingerprint density at radius 3 is 2.50 bits per heavy atom. The van der Waals surface area contributed by atoms with Gasteiger partial charge in [0.25, 0.3) is 6.43 Å². The maximum atomic E-state index is 12.0. The van der Waals surface area contributed by atoms with E-state index in [0.717, 1.165) is 36.9 Å². The molecule has 0 aliphatic carbocycles. The Hall–Kier alpha value is -1.01. The first-order valence-electron chi connectivity index (χ1n) is 7.54. The molecular formula is C16H21BrF2N2O. The molecule has 1 fully saturated rings. The first-order chi connectivity index (χ1) is 10.5. The number of nitrogens with one attached hydrogen (secondary N) is 1. The average molecular weight is 375 g/mol. The zero-order chi connectivity index (χ0) is 15.9. The third-order valence-electron chi connectivity index (χ3n) is 3.95. The van der Waals surface area contributed by atoms with Crippen LogP contribution in [0.2, 0.25) is 0 Å². The van der Waals surface area contributed by atoms with Gasteiger partial charge in [-0.2, -0.15) is 0 Å². The Bertz CT molecular complexity index is 474. The van der Waals surface area contributed by atoms with E-state index in [0.29, 0.717) is 12.3 Å². The number of carbonyl (C=O) groups is 1. The van der Waals surface area contributed by atoms with Crippen LogP contribution in [0.4, 0.5) is 8.78 Å². The SMILES string of the molecule is O=C(CC1CCN(Cc2ccc(Br)cc2)CC1)NCC(F)F. The third kappa shape index (κ3) is 6.01. The van der Waals surface area contributed by atoms with Gasteiger partial charge in [0.05, 0.1) is 6.54 Å². The van der Waals surface area contributed by atoms with E-state index in [1.165, 1.54) is 5.56 Å².